The normalized spacial score (nSPS) is 11.0. The van der Waals surface area contributed by atoms with E-state index in [4.69, 9.17) is 0 Å². The van der Waals surface area contributed by atoms with Crippen molar-refractivity contribution in [3.05, 3.63) is 35.5 Å². The maximum absolute atomic E-state index is 4.61. The summed E-state index contributed by atoms with van der Waals surface area (Å²) in [6.45, 7) is 7.17. The smallest absolute Gasteiger partial charge is 0.226 e. The maximum atomic E-state index is 4.61. The Kier molecular flexibility index (Phi) is 4.14. The molecule has 0 amide bonds. The van der Waals surface area contributed by atoms with Crippen molar-refractivity contribution in [3.8, 4) is 0 Å². The zero-order valence-electron chi connectivity index (χ0n) is 14.0. The van der Waals surface area contributed by atoms with E-state index in [-0.39, 0.29) is 0 Å². The van der Waals surface area contributed by atoms with Gasteiger partial charge in [-0.05, 0) is 43.5 Å². The van der Waals surface area contributed by atoms with Gasteiger partial charge in [-0.25, -0.2) is 0 Å². The molecule has 6 nitrogen and oxygen atoms in total. The Labute approximate surface area is 136 Å². The molecule has 0 radical (unpaired) electrons. The third-order valence-electron chi connectivity index (χ3n) is 3.89. The summed E-state index contributed by atoms with van der Waals surface area (Å²) in [7, 11) is 1.89. The second-order valence-corrected chi connectivity index (χ2v) is 5.75. The molecule has 2 N–H and O–H groups in total. The molecule has 23 heavy (non-hydrogen) atoms. The Hall–Kier alpha value is -2.63. The van der Waals surface area contributed by atoms with Crippen LogP contribution in [0.15, 0.2) is 24.4 Å². The summed E-state index contributed by atoms with van der Waals surface area (Å²) in [5, 5.41) is 11.9. The van der Waals surface area contributed by atoms with E-state index in [9.17, 15) is 0 Å². The van der Waals surface area contributed by atoms with Crippen LogP contribution in [0.1, 0.15) is 24.5 Å². The minimum absolute atomic E-state index is 0.620. The molecule has 0 spiro atoms. The number of rotatable bonds is 5. The summed E-state index contributed by atoms with van der Waals surface area (Å²) in [5.74, 6) is 1.39. The number of fused-ring (bicyclic) bond motifs is 1. The van der Waals surface area contributed by atoms with Gasteiger partial charge in [0.15, 0.2) is 5.65 Å². The monoisotopic (exact) mass is 310 g/mol. The number of nitrogens with zero attached hydrogens (tertiary/aromatic N) is 4. The molecule has 2 aromatic heterocycles. The summed E-state index contributed by atoms with van der Waals surface area (Å²) in [4.78, 5) is 9.16. The highest BCUT2D eigenvalue weighted by molar-refractivity contribution is 5.89. The lowest BCUT2D eigenvalue weighted by Gasteiger charge is -2.11. The molecule has 0 saturated heterocycles. The van der Waals surface area contributed by atoms with Crippen molar-refractivity contribution in [2.24, 2.45) is 7.05 Å². The molecule has 3 aromatic rings. The van der Waals surface area contributed by atoms with Crippen molar-refractivity contribution in [2.75, 3.05) is 17.2 Å². The van der Waals surface area contributed by atoms with Gasteiger partial charge < -0.3 is 10.6 Å². The summed E-state index contributed by atoms with van der Waals surface area (Å²) in [6.07, 6.45) is 2.81. The molecular formula is C17H22N6. The van der Waals surface area contributed by atoms with Crippen LogP contribution >= 0.6 is 0 Å². The second-order valence-electron chi connectivity index (χ2n) is 5.75. The van der Waals surface area contributed by atoms with Crippen LogP contribution in [0.5, 0.6) is 0 Å². The van der Waals surface area contributed by atoms with Crippen LogP contribution < -0.4 is 10.6 Å². The summed E-state index contributed by atoms with van der Waals surface area (Å²) in [6, 6.07) is 6.29. The highest BCUT2D eigenvalue weighted by Crippen LogP contribution is 2.25. The predicted octanol–water partition coefficient (Wildman–Crippen LogP) is 3.55. The number of benzene rings is 1. The van der Waals surface area contributed by atoms with Crippen LogP contribution in [-0.4, -0.2) is 26.3 Å². The Morgan fingerprint density at radius 2 is 1.96 bits per heavy atom. The van der Waals surface area contributed by atoms with Gasteiger partial charge in [0.2, 0.25) is 5.95 Å². The van der Waals surface area contributed by atoms with Crippen LogP contribution in [0.3, 0.4) is 0 Å². The third-order valence-corrected chi connectivity index (χ3v) is 3.89. The molecule has 6 heteroatoms. The molecule has 0 unspecified atom stereocenters. The standard InChI is InChI=1S/C17H22N6/c1-5-8-18-17-21-15(14-10-19-23(4)16(14)22-17)20-13-7-6-11(2)12(3)9-13/h6-7,9-10H,5,8H2,1-4H3,(H2,18,20,21,22). The topological polar surface area (TPSA) is 67.7 Å². The van der Waals surface area contributed by atoms with Crippen molar-refractivity contribution >= 4 is 28.5 Å². The molecule has 3 rings (SSSR count). The molecular weight excluding hydrogens is 288 g/mol. The van der Waals surface area contributed by atoms with Crippen LogP contribution in [0, 0.1) is 13.8 Å². The van der Waals surface area contributed by atoms with Gasteiger partial charge in [0.05, 0.1) is 11.6 Å². The number of hydrogen-bond acceptors (Lipinski definition) is 5. The molecule has 0 saturated carbocycles. The van der Waals surface area contributed by atoms with E-state index in [1.807, 2.05) is 7.05 Å². The van der Waals surface area contributed by atoms with E-state index in [2.05, 4.69) is 64.7 Å². The van der Waals surface area contributed by atoms with E-state index in [0.29, 0.717) is 5.95 Å². The number of aromatic nitrogens is 4. The van der Waals surface area contributed by atoms with Gasteiger partial charge in [-0.15, -0.1) is 0 Å². The van der Waals surface area contributed by atoms with Gasteiger partial charge in [0, 0.05) is 19.3 Å². The number of hydrogen-bond donors (Lipinski definition) is 2. The molecule has 0 aliphatic carbocycles. The van der Waals surface area contributed by atoms with E-state index in [1.165, 1.54) is 11.1 Å². The maximum Gasteiger partial charge on any atom is 0.226 e. The summed E-state index contributed by atoms with van der Waals surface area (Å²) < 4.78 is 1.76. The van der Waals surface area contributed by atoms with Gasteiger partial charge in [0.1, 0.15) is 5.82 Å². The quantitative estimate of drug-likeness (QED) is 0.754. The second kappa shape index (κ2) is 6.24. The lowest BCUT2D eigenvalue weighted by molar-refractivity contribution is 0.785. The van der Waals surface area contributed by atoms with Crippen molar-refractivity contribution in [2.45, 2.75) is 27.2 Å². The van der Waals surface area contributed by atoms with E-state index in [0.717, 1.165) is 35.5 Å². The Morgan fingerprint density at radius 3 is 2.70 bits per heavy atom. The lowest BCUT2D eigenvalue weighted by atomic mass is 10.1. The van der Waals surface area contributed by atoms with Gasteiger partial charge in [-0.3, -0.25) is 4.68 Å². The summed E-state index contributed by atoms with van der Waals surface area (Å²) >= 11 is 0. The lowest BCUT2D eigenvalue weighted by Crippen LogP contribution is -2.07. The third kappa shape index (κ3) is 3.11. The van der Waals surface area contributed by atoms with Crippen LogP contribution in [0.25, 0.3) is 11.0 Å². The fourth-order valence-electron chi connectivity index (χ4n) is 2.39. The minimum Gasteiger partial charge on any atom is -0.354 e. The van der Waals surface area contributed by atoms with Crippen LogP contribution in [-0.2, 0) is 7.05 Å². The predicted molar refractivity (Wildman–Crippen MR) is 94.3 cm³/mol. The number of aryl methyl sites for hydroxylation is 3. The van der Waals surface area contributed by atoms with Crippen molar-refractivity contribution in [3.63, 3.8) is 0 Å². The Balaban J connectivity index is 2.02. The van der Waals surface area contributed by atoms with Crippen LogP contribution in [0.4, 0.5) is 17.5 Å². The molecule has 1 aromatic carbocycles. The largest absolute Gasteiger partial charge is 0.354 e. The van der Waals surface area contributed by atoms with E-state index < -0.39 is 0 Å². The molecule has 0 bridgehead atoms. The van der Waals surface area contributed by atoms with E-state index in [1.54, 1.807) is 10.9 Å². The Morgan fingerprint density at radius 1 is 1.13 bits per heavy atom. The molecule has 0 aliphatic heterocycles. The first-order chi connectivity index (χ1) is 11.1. The van der Waals surface area contributed by atoms with Gasteiger partial charge in [0.25, 0.3) is 0 Å². The molecule has 2 heterocycles. The van der Waals surface area contributed by atoms with Gasteiger partial charge >= 0.3 is 0 Å². The zero-order chi connectivity index (χ0) is 16.4. The van der Waals surface area contributed by atoms with Gasteiger partial charge in [-0.2, -0.15) is 15.1 Å². The summed E-state index contributed by atoms with van der Waals surface area (Å²) in [5.41, 5.74) is 4.34. The first kappa shape index (κ1) is 15.3. The molecule has 120 valence electrons. The molecule has 0 aliphatic rings. The average Bonchev–Trinajstić information content (AvgIpc) is 2.91. The fourth-order valence-corrected chi connectivity index (χ4v) is 2.39. The highest BCUT2D eigenvalue weighted by Gasteiger charge is 2.12. The number of nitrogens with one attached hydrogen (secondary N) is 2. The minimum atomic E-state index is 0.620. The SMILES string of the molecule is CCCNc1nc(Nc2ccc(C)c(C)c2)c2cnn(C)c2n1. The fraction of sp³-hybridized carbons (Fsp3) is 0.353. The first-order valence-corrected chi connectivity index (χ1v) is 7.86. The number of anilines is 3. The first-order valence-electron chi connectivity index (χ1n) is 7.86. The van der Waals surface area contributed by atoms with Crippen molar-refractivity contribution in [1.82, 2.24) is 19.7 Å². The molecule has 0 atom stereocenters. The Bertz CT molecular complexity index is 836. The van der Waals surface area contributed by atoms with Crippen LogP contribution in [0.2, 0.25) is 0 Å². The molecule has 0 fully saturated rings. The highest BCUT2D eigenvalue weighted by atomic mass is 15.3. The van der Waals surface area contributed by atoms with E-state index >= 15 is 0 Å². The zero-order valence-corrected chi connectivity index (χ0v) is 14.0. The van der Waals surface area contributed by atoms with Crippen molar-refractivity contribution in [1.29, 1.82) is 0 Å². The van der Waals surface area contributed by atoms with Crippen molar-refractivity contribution < 1.29 is 0 Å². The van der Waals surface area contributed by atoms with Gasteiger partial charge in [-0.1, -0.05) is 13.0 Å². The average molecular weight is 310 g/mol.